The number of hydrogen-bond donors (Lipinski definition) is 3. The van der Waals surface area contributed by atoms with Crippen LogP contribution >= 0.6 is 11.3 Å². The van der Waals surface area contributed by atoms with Crippen molar-refractivity contribution in [1.29, 1.82) is 0 Å². The van der Waals surface area contributed by atoms with Gasteiger partial charge in [0.05, 0.1) is 0 Å². The molecule has 20 heavy (non-hydrogen) atoms. The van der Waals surface area contributed by atoms with Crippen LogP contribution in [-0.2, 0) is 0 Å². The third-order valence-electron chi connectivity index (χ3n) is 3.41. The van der Waals surface area contributed by atoms with Gasteiger partial charge in [0, 0.05) is 17.0 Å². The molecule has 1 aliphatic heterocycles. The SMILES string of the molecule is Nc1onc(-c2ccsc2)c1C(=O)NC1CCNCC1. The minimum Gasteiger partial charge on any atom is -0.367 e. The van der Waals surface area contributed by atoms with Crippen LogP contribution in [0.3, 0.4) is 0 Å². The molecule has 106 valence electrons. The fourth-order valence-electron chi connectivity index (χ4n) is 2.34. The molecule has 0 spiro atoms. The number of nitrogens with two attached hydrogens (primary N) is 1. The largest absolute Gasteiger partial charge is 0.367 e. The van der Waals surface area contributed by atoms with E-state index in [9.17, 15) is 4.79 Å². The Morgan fingerprint density at radius 2 is 2.30 bits per heavy atom. The molecule has 0 radical (unpaired) electrons. The number of carbonyl (C=O) groups is 1. The molecule has 3 rings (SSSR count). The summed E-state index contributed by atoms with van der Waals surface area (Å²) < 4.78 is 4.99. The van der Waals surface area contributed by atoms with E-state index in [-0.39, 0.29) is 17.8 Å². The Hall–Kier alpha value is -1.86. The number of anilines is 1. The van der Waals surface area contributed by atoms with Crippen LogP contribution in [0, 0.1) is 0 Å². The van der Waals surface area contributed by atoms with Crippen LogP contribution in [0.25, 0.3) is 11.3 Å². The smallest absolute Gasteiger partial charge is 0.259 e. The van der Waals surface area contributed by atoms with Crippen molar-refractivity contribution < 1.29 is 9.32 Å². The summed E-state index contributed by atoms with van der Waals surface area (Å²) in [5, 5.41) is 14.0. The molecule has 0 atom stereocenters. The average Bonchev–Trinajstić information content (AvgIpc) is 3.08. The zero-order valence-corrected chi connectivity index (χ0v) is 11.7. The Morgan fingerprint density at radius 1 is 1.50 bits per heavy atom. The summed E-state index contributed by atoms with van der Waals surface area (Å²) in [5.41, 5.74) is 7.45. The lowest BCUT2D eigenvalue weighted by Gasteiger charge is -2.23. The maximum absolute atomic E-state index is 12.4. The average molecular weight is 292 g/mol. The van der Waals surface area contributed by atoms with Crippen LogP contribution in [0.2, 0.25) is 0 Å². The summed E-state index contributed by atoms with van der Waals surface area (Å²) in [5.74, 6) is -0.144. The van der Waals surface area contributed by atoms with E-state index in [0.717, 1.165) is 31.5 Å². The highest BCUT2D eigenvalue weighted by Crippen LogP contribution is 2.28. The summed E-state index contributed by atoms with van der Waals surface area (Å²) in [6.07, 6.45) is 1.84. The highest BCUT2D eigenvalue weighted by Gasteiger charge is 2.25. The minimum absolute atomic E-state index is 0.0673. The lowest BCUT2D eigenvalue weighted by Crippen LogP contribution is -2.42. The van der Waals surface area contributed by atoms with Gasteiger partial charge in [0.1, 0.15) is 11.3 Å². The fraction of sp³-hybridized carbons (Fsp3) is 0.385. The third kappa shape index (κ3) is 2.54. The van der Waals surface area contributed by atoms with Crippen molar-refractivity contribution in [3.8, 4) is 11.3 Å². The lowest BCUT2D eigenvalue weighted by atomic mass is 10.1. The molecular formula is C13H16N4O2S. The number of carbonyl (C=O) groups excluding carboxylic acids is 1. The first-order valence-corrected chi connectivity index (χ1v) is 7.49. The van der Waals surface area contributed by atoms with Gasteiger partial charge in [-0.1, -0.05) is 5.16 Å². The van der Waals surface area contributed by atoms with Gasteiger partial charge < -0.3 is 20.9 Å². The number of hydrogen-bond acceptors (Lipinski definition) is 6. The van der Waals surface area contributed by atoms with E-state index < -0.39 is 0 Å². The first kappa shape index (κ1) is 13.1. The van der Waals surface area contributed by atoms with Crippen molar-refractivity contribution in [2.75, 3.05) is 18.8 Å². The topological polar surface area (TPSA) is 93.2 Å². The second-order valence-corrected chi connectivity index (χ2v) is 5.56. The van der Waals surface area contributed by atoms with Gasteiger partial charge in [0.2, 0.25) is 5.88 Å². The van der Waals surface area contributed by atoms with Gasteiger partial charge in [-0.25, -0.2) is 0 Å². The van der Waals surface area contributed by atoms with Crippen LogP contribution in [0.4, 0.5) is 5.88 Å². The quantitative estimate of drug-likeness (QED) is 0.796. The molecule has 0 aliphatic carbocycles. The molecule has 0 aromatic carbocycles. The summed E-state index contributed by atoms with van der Waals surface area (Å²) in [4.78, 5) is 12.4. The van der Waals surface area contributed by atoms with Crippen LogP contribution in [0.1, 0.15) is 23.2 Å². The molecule has 0 unspecified atom stereocenters. The summed E-state index contributed by atoms with van der Waals surface area (Å²) >= 11 is 1.54. The van der Waals surface area contributed by atoms with E-state index in [4.69, 9.17) is 10.3 Å². The number of nitrogens with one attached hydrogen (secondary N) is 2. The number of thiophene rings is 1. The van der Waals surface area contributed by atoms with Crippen molar-refractivity contribution in [3.05, 3.63) is 22.4 Å². The van der Waals surface area contributed by atoms with Crippen LogP contribution in [-0.4, -0.2) is 30.2 Å². The van der Waals surface area contributed by atoms with Crippen molar-refractivity contribution in [3.63, 3.8) is 0 Å². The van der Waals surface area contributed by atoms with Crippen LogP contribution < -0.4 is 16.4 Å². The fourth-order valence-corrected chi connectivity index (χ4v) is 2.98. The van der Waals surface area contributed by atoms with E-state index >= 15 is 0 Å². The van der Waals surface area contributed by atoms with Gasteiger partial charge in [-0.3, -0.25) is 4.79 Å². The second-order valence-electron chi connectivity index (χ2n) is 4.78. The third-order valence-corrected chi connectivity index (χ3v) is 4.10. The highest BCUT2D eigenvalue weighted by atomic mass is 32.1. The molecule has 2 aromatic rings. The first-order chi connectivity index (χ1) is 9.75. The first-order valence-electron chi connectivity index (χ1n) is 6.55. The van der Waals surface area contributed by atoms with E-state index in [1.54, 1.807) is 0 Å². The van der Waals surface area contributed by atoms with Gasteiger partial charge in [0.15, 0.2) is 0 Å². The van der Waals surface area contributed by atoms with E-state index in [0.29, 0.717) is 11.3 Å². The van der Waals surface area contributed by atoms with E-state index in [2.05, 4.69) is 15.8 Å². The van der Waals surface area contributed by atoms with Gasteiger partial charge >= 0.3 is 0 Å². The molecule has 4 N–H and O–H groups in total. The van der Waals surface area contributed by atoms with E-state index in [1.807, 2.05) is 16.8 Å². The van der Waals surface area contributed by atoms with Crippen LogP contribution in [0.5, 0.6) is 0 Å². The maximum atomic E-state index is 12.4. The Labute approximate surface area is 120 Å². The Morgan fingerprint density at radius 3 is 3.00 bits per heavy atom. The molecule has 6 nitrogen and oxygen atoms in total. The molecule has 3 heterocycles. The van der Waals surface area contributed by atoms with Crippen molar-refractivity contribution in [1.82, 2.24) is 15.8 Å². The van der Waals surface area contributed by atoms with Gasteiger partial charge in [-0.15, -0.1) is 0 Å². The maximum Gasteiger partial charge on any atom is 0.259 e. The Bertz CT molecular complexity index is 588. The molecule has 1 saturated heterocycles. The number of amides is 1. The molecule has 0 saturated carbocycles. The molecule has 1 fully saturated rings. The van der Waals surface area contributed by atoms with Gasteiger partial charge in [-0.05, 0) is 37.4 Å². The zero-order chi connectivity index (χ0) is 13.9. The highest BCUT2D eigenvalue weighted by molar-refractivity contribution is 7.08. The Balaban J connectivity index is 1.82. The molecule has 7 heteroatoms. The second kappa shape index (κ2) is 5.64. The number of aromatic nitrogens is 1. The molecular weight excluding hydrogens is 276 g/mol. The normalized spacial score (nSPS) is 16.2. The van der Waals surface area contributed by atoms with Gasteiger partial charge in [0.25, 0.3) is 5.91 Å². The zero-order valence-electron chi connectivity index (χ0n) is 10.9. The number of rotatable bonds is 3. The number of nitrogens with zero attached hydrogens (tertiary/aromatic N) is 1. The predicted molar refractivity (Wildman–Crippen MR) is 77.6 cm³/mol. The molecule has 1 aliphatic rings. The minimum atomic E-state index is -0.211. The van der Waals surface area contributed by atoms with Crippen LogP contribution in [0.15, 0.2) is 21.3 Å². The number of piperidine rings is 1. The summed E-state index contributed by atoms with van der Waals surface area (Å²) in [6, 6.07) is 2.07. The lowest BCUT2D eigenvalue weighted by molar-refractivity contribution is 0.0930. The van der Waals surface area contributed by atoms with Crippen molar-refractivity contribution in [2.24, 2.45) is 0 Å². The summed E-state index contributed by atoms with van der Waals surface area (Å²) in [6.45, 7) is 1.84. The molecule has 2 aromatic heterocycles. The van der Waals surface area contributed by atoms with Crippen molar-refractivity contribution >= 4 is 23.1 Å². The predicted octanol–water partition coefficient (Wildman–Crippen LogP) is 1.47. The summed E-state index contributed by atoms with van der Waals surface area (Å²) in [7, 11) is 0. The van der Waals surface area contributed by atoms with E-state index in [1.165, 1.54) is 11.3 Å². The number of nitrogen functional groups attached to an aromatic ring is 1. The Kier molecular flexibility index (Phi) is 3.70. The molecule has 0 bridgehead atoms. The standard InChI is InChI=1S/C13H16N4O2S/c14-12-10(11(17-19-12)8-3-6-20-7-8)13(18)16-9-1-4-15-5-2-9/h3,6-7,9,15H,1-2,4-5,14H2,(H,16,18). The van der Waals surface area contributed by atoms with Gasteiger partial charge in [-0.2, -0.15) is 11.3 Å². The molecule has 1 amide bonds. The van der Waals surface area contributed by atoms with Crippen molar-refractivity contribution in [2.45, 2.75) is 18.9 Å². The monoisotopic (exact) mass is 292 g/mol.